The van der Waals surface area contributed by atoms with Crippen molar-refractivity contribution in [2.75, 3.05) is 18.4 Å². The summed E-state index contributed by atoms with van der Waals surface area (Å²) in [5.74, 6) is 0.639. The summed E-state index contributed by atoms with van der Waals surface area (Å²) in [6.07, 6.45) is 0. The van der Waals surface area contributed by atoms with Gasteiger partial charge < -0.3 is 10.1 Å². The van der Waals surface area contributed by atoms with E-state index in [1.165, 1.54) is 11.3 Å². The second-order valence-electron chi connectivity index (χ2n) is 4.32. The molecule has 7 heteroatoms. The van der Waals surface area contributed by atoms with Gasteiger partial charge in [0.25, 0.3) is 10.0 Å². The zero-order valence-corrected chi connectivity index (χ0v) is 13.6. The first-order valence-electron chi connectivity index (χ1n) is 6.54. The third-order valence-corrected chi connectivity index (χ3v) is 5.61. The van der Waals surface area contributed by atoms with E-state index < -0.39 is 10.0 Å². The lowest BCUT2D eigenvalue weighted by Gasteiger charge is -2.08. The highest BCUT2D eigenvalue weighted by atomic mass is 32.2. The number of sulfonamides is 1. The molecule has 1 heterocycles. The van der Waals surface area contributed by atoms with Crippen molar-refractivity contribution in [1.82, 2.24) is 5.32 Å². The molecule has 0 aliphatic heterocycles. The van der Waals surface area contributed by atoms with Crippen LogP contribution in [0, 0.1) is 0 Å². The maximum atomic E-state index is 12.3. The van der Waals surface area contributed by atoms with Crippen LogP contribution in [-0.2, 0) is 16.6 Å². The molecule has 2 rings (SSSR count). The summed E-state index contributed by atoms with van der Waals surface area (Å²) < 4.78 is 32.9. The van der Waals surface area contributed by atoms with E-state index in [1.807, 2.05) is 20.0 Å². The fraction of sp³-hybridized carbons (Fsp3) is 0.286. The molecule has 5 nitrogen and oxygen atoms in total. The van der Waals surface area contributed by atoms with Gasteiger partial charge in [-0.3, -0.25) is 4.72 Å². The molecule has 0 amide bonds. The van der Waals surface area contributed by atoms with Crippen LogP contribution in [0.5, 0.6) is 5.75 Å². The number of thiophene rings is 1. The largest absolute Gasteiger partial charge is 0.494 e. The van der Waals surface area contributed by atoms with Crippen LogP contribution < -0.4 is 14.8 Å². The molecule has 2 aromatic rings. The summed E-state index contributed by atoms with van der Waals surface area (Å²) in [6.45, 7) is 3.07. The van der Waals surface area contributed by atoms with Gasteiger partial charge in [0.15, 0.2) is 0 Å². The van der Waals surface area contributed by atoms with Crippen molar-refractivity contribution in [2.45, 2.75) is 17.7 Å². The Hall–Kier alpha value is -1.57. The highest BCUT2D eigenvalue weighted by Gasteiger charge is 2.17. The second-order valence-corrected chi connectivity index (χ2v) is 7.39. The fourth-order valence-corrected chi connectivity index (χ4v) is 4.21. The normalized spacial score (nSPS) is 11.3. The van der Waals surface area contributed by atoms with Crippen molar-refractivity contribution in [3.8, 4) is 5.75 Å². The standard InChI is InChI=1S/C14H18N2O3S2/c1-3-19-12-6-4-5-11(9-12)16-21(17,18)14-8-7-13(20-14)10-15-2/h4-9,15-16H,3,10H2,1-2H3. The van der Waals surface area contributed by atoms with E-state index in [0.29, 0.717) is 28.8 Å². The first kappa shape index (κ1) is 15.8. The van der Waals surface area contributed by atoms with Crippen molar-refractivity contribution in [3.63, 3.8) is 0 Å². The van der Waals surface area contributed by atoms with Crippen LogP contribution in [0.4, 0.5) is 5.69 Å². The van der Waals surface area contributed by atoms with E-state index in [4.69, 9.17) is 4.74 Å². The van der Waals surface area contributed by atoms with E-state index in [1.54, 1.807) is 30.3 Å². The summed E-state index contributed by atoms with van der Waals surface area (Å²) in [7, 11) is -1.73. The monoisotopic (exact) mass is 326 g/mol. The molecule has 0 unspecified atom stereocenters. The smallest absolute Gasteiger partial charge is 0.271 e. The second kappa shape index (κ2) is 6.93. The molecule has 21 heavy (non-hydrogen) atoms. The van der Waals surface area contributed by atoms with Gasteiger partial charge in [0.2, 0.25) is 0 Å². The van der Waals surface area contributed by atoms with Crippen LogP contribution in [-0.4, -0.2) is 22.1 Å². The van der Waals surface area contributed by atoms with Crippen LogP contribution in [0.15, 0.2) is 40.6 Å². The van der Waals surface area contributed by atoms with Crippen molar-refractivity contribution >= 4 is 27.0 Å². The van der Waals surface area contributed by atoms with Crippen molar-refractivity contribution in [3.05, 3.63) is 41.3 Å². The van der Waals surface area contributed by atoms with Gasteiger partial charge in [-0.05, 0) is 38.2 Å². The Morgan fingerprint density at radius 2 is 2.05 bits per heavy atom. The first-order chi connectivity index (χ1) is 10.0. The highest BCUT2D eigenvalue weighted by molar-refractivity contribution is 7.94. The number of ether oxygens (including phenoxy) is 1. The lowest BCUT2D eigenvalue weighted by molar-refractivity contribution is 0.340. The maximum Gasteiger partial charge on any atom is 0.271 e. The molecule has 0 saturated carbocycles. The Balaban J connectivity index is 2.18. The maximum absolute atomic E-state index is 12.3. The highest BCUT2D eigenvalue weighted by Crippen LogP contribution is 2.25. The average molecular weight is 326 g/mol. The van der Waals surface area contributed by atoms with Gasteiger partial charge in [0, 0.05) is 17.5 Å². The Kier molecular flexibility index (Phi) is 5.22. The zero-order chi connectivity index (χ0) is 15.3. The molecular weight excluding hydrogens is 308 g/mol. The number of hydrogen-bond donors (Lipinski definition) is 2. The van der Waals surface area contributed by atoms with Crippen molar-refractivity contribution in [2.24, 2.45) is 0 Å². The van der Waals surface area contributed by atoms with Gasteiger partial charge in [-0.25, -0.2) is 8.42 Å². The molecular formula is C14H18N2O3S2. The van der Waals surface area contributed by atoms with E-state index in [2.05, 4.69) is 10.0 Å². The molecule has 2 N–H and O–H groups in total. The van der Waals surface area contributed by atoms with Crippen molar-refractivity contribution in [1.29, 1.82) is 0 Å². The van der Waals surface area contributed by atoms with Gasteiger partial charge in [-0.15, -0.1) is 11.3 Å². The minimum atomic E-state index is -3.56. The summed E-state index contributed by atoms with van der Waals surface area (Å²) in [4.78, 5) is 0.973. The molecule has 1 aromatic heterocycles. The molecule has 0 fully saturated rings. The number of anilines is 1. The number of hydrogen-bond acceptors (Lipinski definition) is 5. The number of nitrogens with one attached hydrogen (secondary N) is 2. The van der Waals surface area contributed by atoms with Crippen LogP contribution in [0.1, 0.15) is 11.8 Å². The Morgan fingerprint density at radius 1 is 1.24 bits per heavy atom. The van der Waals surface area contributed by atoms with Gasteiger partial charge in [-0.1, -0.05) is 6.07 Å². The predicted molar refractivity (Wildman–Crippen MR) is 85.5 cm³/mol. The van der Waals surface area contributed by atoms with E-state index in [-0.39, 0.29) is 0 Å². The number of rotatable bonds is 7. The summed E-state index contributed by atoms with van der Waals surface area (Å²) in [5, 5.41) is 3.00. The lowest BCUT2D eigenvalue weighted by atomic mass is 10.3. The van der Waals surface area contributed by atoms with Crippen molar-refractivity contribution < 1.29 is 13.2 Å². The van der Waals surface area contributed by atoms with E-state index in [0.717, 1.165) is 4.88 Å². The summed E-state index contributed by atoms with van der Waals surface area (Å²) >= 11 is 1.25. The summed E-state index contributed by atoms with van der Waals surface area (Å²) in [6, 6.07) is 10.3. The molecule has 0 saturated heterocycles. The third-order valence-electron chi connectivity index (χ3n) is 2.65. The topological polar surface area (TPSA) is 67.4 Å². The quantitative estimate of drug-likeness (QED) is 0.821. The third kappa shape index (κ3) is 4.20. The molecule has 0 aliphatic carbocycles. The van der Waals surface area contributed by atoms with Crippen LogP contribution >= 0.6 is 11.3 Å². The molecule has 0 spiro atoms. The Morgan fingerprint density at radius 3 is 2.76 bits per heavy atom. The van der Waals surface area contributed by atoms with Gasteiger partial charge >= 0.3 is 0 Å². The molecule has 1 aromatic carbocycles. The molecule has 0 radical (unpaired) electrons. The van der Waals surface area contributed by atoms with Crippen LogP contribution in [0.3, 0.4) is 0 Å². The Bertz CT molecular complexity index is 696. The lowest BCUT2D eigenvalue weighted by Crippen LogP contribution is -2.11. The van der Waals surface area contributed by atoms with Crippen LogP contribution in [0.2, 0.25) is 0 Å². The molecule has 0 bridgehead atoms. The molecule has 114 valence electrons. The first-order valence-corrected chi connectivity index (χ1v) is 8.84. The SMILES string of the molecule is CCOc1cccc(NS(=O)(=O)c2ccc(CNC)s2)c1. The predicted octanol–water partition coefficient (Wildman–Crippen LogP) is 2.67. The van der Waals surface area contributed by atoms with Crippen LogP contribution in [0.25, 0.3) is 0 Å². The molecule has 0 aliphatic rings. The minimum Gasteiger partial charge on any atom is -0.494 e. The number of benzene rings is 1. The Labute approximate surface area is 129 Å². The van der Waals surface area contributed by atoms with E-state index >= 15 is 0 Å². The summed E-state index contributed by atoms with van der Waals surface area (Å²) in [5.41, 5.74) is 0.490. The van der Waals surface area contributed by atoms with Gasteiger partial charge in [-0.2, -0.15) is 0 Å². The van der Waals surface area contributed by atoms with E-state index in [9.17, 15) is 8.42 Å². The minimum absolute atomic E-state index is 0.301. The molecule has 0 atom stereocenters. The fourth-order valence-electron chi connectivity index (χ4n) is 1.79. The average Bonchev–Trinajstić information content (AvgIpc) is 2.89. The van der Waals surface area contributed by atoms with Gasteiger partial charge in [0.1, 0.15) is 9.96 Å². The van der Waals surface area contributed by atoms with Gasteiger partial charge in [0.05, 0.1) is 12.3 Å². The zero-order valence-electron chi connectivity index (χ0n) is 11.9.